The monoisotopic (exact) mass is 436 g/mol. The number of aryl methyl sites for hydroxylation is 1. The number of methoxy groups -OCH3 is 1. The van der Waals surface area contributed by atoms with Gasteiger partial charge in [0.2, 0.25) is 0 Å². The number of nitrogens with zero attached hydrogens (tertiary/aromatic N) is 1. The molecule has 1 N–H and O–H groups in total. The second kappa shape index (κ2) is 9.57. The summed E-state index contributed by atoms with van der Waals surface area (Å²) in [6.45, 7) is 6.23. The Morgan fingerprint density at radius 1 is 1.23 bits per heavy atom. The standard InChI is InChI=1S/C24H24N2O4S/c1-5-7-18-11-17(12-19-22(27)25-24(31)26(3)23(19)28)13-20(29-4)21(18)30-14-16-9-6-8-15(2)10-16/h5-6,8-13H,1,7,14H2,2-4H3,(H,25,27,31)/b19-12+. The number of hydrogen-bond acceptors (Lipinski definition) is 5. The summed E-state index contributed by atoms with van der Waals surface area (Å²) in [5, 5.41) is 2.59. The van der Waals surface area contributed by atoms with Crippen molar-refractivity contribution in [3.8, 4) is 11.5 Å². The number of allylic oxidation sites excluding steroid dienone is 1. The van der Waals surface area contributed by atoms with E-state index >= 15 is 0 Å². The molecular weight excluding hydrogens is 412 g/mol. The van der Waals surface area contributed by atoms with Crippen LogP contribution in [-0.4, -0.2) is 36.0 Å². The van der Waals surface area contributed by atoms with E-state index < -0.39 is 11.8 Å². The number of carbonyl (C=O) groups is 2. The number of benzene rings is 2. The van der Waals surface area contributed by atoms with E-state index in [0.29, 0.717) is 30.1 Å². The maximum atomic E-state index is 12.5. The van der Waals surface area contributed by atoms with Crippen LogP contribution in [0.3, 0.4) is 0 Å². The number of amides is 2. The van der Waals surface area contributed by atoms with Crippen molar-refractivity contribution in [3.05, 3.63) is 76.9 Å². The lowest BCUT2D eigenvalue weighted by molar-refractivity contribution is -0.128. The van der Waals surface area contributed by atoms with Crippen molar-refractivity contribution in [2.75, 3.05) is 14.2 Å². The van der Waals surface area contributed by atoms with E-state index in [0.717, 1.165) is 16.7 Å². The van der Waals surface area contributed by atoms with Gasteiger partial charge in [-0.05, 0) is 54.9 Å². The van der Waals surface area contributed by atoms with Crippen LogP contribution in [0.1, 0.15) is 22.3 Å². The van der Waals surface area contributed by atoms with Crippen LogP contribution in [0.25, 0.3) is 6.08 Å². The summed E-state index contributed by atoms with van der Waals surface area (Å²) in [7, 11) is 3.07. The fourth-order valence-corrected chi connectivity index (χ4v) is 3.43. The molecule has 2 amide bonds. The molecule has 0 radical (unpaired) electrons. The van der Waals surface area contributed by atoms with Crippen LogP contribution in [-0.2, 0) is 22.6 Å². The fraction of sp³-hybridized carbons (Fsp3) is 0.208. The van der Waals surface area contributed by atoms with Crippen LogP contribution in [0, 0.1) is 6.92 Å². The number of hydrogen-bond donors (Lipinski definition) is 1. The second-order valence-electron chi connectivity index (χ2n) is 7.16. The minimum Gasteiger partial charge on any atom is -0.493 e. The quantitative estimate of drug-likeness (QED) is 0.311. The van der Waals surface area contributed by atoms with Gasteiger partial charge in [0.1, 0.15) is 12.2 Å². The van der Waals surface area contributed by atoms with E-state index in [-0.39, 0.29) is 10.7 Å². The molecule has 160 valence electrons. The van der Waals surface area contributed by atoms with Crippen molar-refractivity contribution in [3.63, 3.8) is 0 Å². The van der Waals surface area contributed by atoms with E-state index in [1.165, 1.54) is 18.0 Å². The minimum atomic E-state index is -0.530. The molecular formula is C24H24N2O4S. The van der Waals surface area contributed by atoms with Gasteiger partial charge in [0, 0.05) is 12.6 Å². The molecule has 6 nitrogen and oxygen atoms in total. The predicted molar refractivity (Wildman–Crippen MR) is 124 cm³/mol. The zero-order valence-corrected chi connectivity index (χ0v) is 18.5. The number of likely N-dealkylation sites (N-methyl/N-ethyl adjacent to an activating group) is 1. The minimum absolute atomic E-state index is 0.00358. The SMILES string of the molecule is C=CCc1cc(/C=C2\C(=O)NC(=S)N(C)C2=O)cc(OC)c1OCc1cccc(C)c1. The number of carbonyl (C=O) groups excluding carboxylic acids is 2. The van der Waals surface area contributed by atoms with Gasteiger partial charge in [-0.1, -0.05) is 35.9 Å². The molecule has 7 heteroatoms. The number of nitrogens with one attached hydrogen (secondary N) is 1. The Bertz CT molecular complexity index is 1090. The topological polar surface area (TPSA) is 67.9 Å². The van der Waals surface area contributed by atoms with E-state index in [4.69, 9.17) is 21.7 Å². The lowest BCUT2D eigenvalue weighted by Crippen LogP contribution is -2.52. The van der Waals surface area contributed by atoms with Crippen LogP contribution in [0.2, 0.25) is 0 Å². The normalized spacial score (nSPS) is 15.1. The molecule has 1 heterocycles. The van der Waals surface area contributed by atoms with Gasteiger partial charge in [-0.15, -0.1) is 6.58 Å². The Morgan fingerprint density at radius 3 is 2.68 bits per heavy atom. The number of thiocarbonyl (C=S) groups is 1. The van der Waals surface area contributed by atoms with Crippen molar-refractivity contribution in [2.45, 2.75) is 20.0 Å². The van der Waals surface area contributed by atoms with Gasteiger partial charge in [-0.25, -0.2) is 0 Å². The zero-order chi connectivity index (χ0) is 22.5. The van der Waals surface area contributed by atoms with Crippen LogP contribution in [0.5, 0.6) is 11.5 Å². The summed E-state index contributed by atoms with van der Waals surface area (Å²) in [6.07, 6.45) is 3.81. The van der Waals surface area contributed by atoms with Crippen LogP contribution >= 0.6 is 12.2 Å². The number of ether oxygens (including phenoxy) is 2. The third-order valence-corrected chi connectivity index (χ3v) is 5.20. The van der Waals surface area contributed by atoms with Gasteiger partial charge in [-0.3, -0.25) is 19.8 Å². The summed E-state index contributed by atoms with van der Waals surface area (Å²) in [5.74, 6) is 0.116. The number of rotatable bonds is 7. The first-order valence-corrected chi connectivity index (χ1v) is 10.1. The molecule has 0 unspecified atom stereocenters. The molecule has 2 aromatic carbocycles. The predicted octanol–water partition coefficient (Wildman–Crippen LogP) is 3.57. The van der Waals surface area contributed by atoms with E-state index in [2.05, 4.69) is 18.0 Å². The Labute approximate surface area is 187 Å². The second-order valence-corrected chi connectivity index (χ2v) is 7.55. The molecule has 1 aliphatic heterocycles. The third kappa shape index (κ3) is 5.00. The van der Waals surface area contributed by atoms with Gasteiger partial charge in [-0.2, -0.15) is 0 Å². The Hall–Kier alpha value is -3.45. The summed E-state index contributed by atoms with van der Waals surface area (Å²) in [4.78, 5) is 26.0. The Balaban J connectivity index is 1.97. The first kappa shape index (κ1) is 22.2. The van der Waals surface area contributed by atoms with Crippen molar-refractivity contribution >= 4 is 35.2 Å². The average Bonchev–Trinajstić information content (AvgIpc) is 2.74. The summed E-state index contributed by atoms with van der Waals surface area (Å²) in [5.41, 5.74) is 3.66. The molecule has 0 spiro atoms. The van der Waals surface area contributed by atoms with E-state index in [1.54, 1.807) is 19.3 Å². The first-order chi connectivity index (χ1) is 14.8. The van der Waals surface area contributed by atoms with Crippen LogP contribution in [0.15, 0.2) is 54.6 Å². The van der Waals surface area contributed by atoms with E-state index in [9.17, 15) is 9.59 Å². The molecule has 1 aliphatic rings. The van der Waals surface area contributed by atoms with Crippen molar-refractivity contribution < 1.29 is 19.1 Å². The van der Waals surface area contributed by atoms with Gasteiger partial charge in [0.05, 0.1) is 7.11 Å². The summed E-state index contributed by atoms with van der Waals surface area (Å²) >= 11 is 4.99. The molecule has 1 fully saturated rings. The summed E-state index contributed by atoms with van der Waals surface area (Å²) in [6, 6.07) is 11.7. The van der Waals surface area contributed by atoms with Gasteiger partial charge in [0.25, 0.3) is 11.8 Å². The largest absolute Gasteiger partial charge is 0.493 e. The molecule has 0 bridgehead atoms. The maximum absolute atomic E-state index is 12.5. The van der Waals surface area contributed by atoms with Crippen molar-refractivity contribution in [1.82, 2.24) is 10.2 Å². The Kier molecular flexibility index (Phi) is 6.87. The highest BCUT2D eigenvalue weighted by Gasteiger charge is 2.30. The van der Waals surface area contributed by atoms with Crippen LogP contribution in [0.4, 0.5) is 0 Å². The molecule has 0 aromatic heterocycles. The van der Waals surface area contributed by atoms with Gasteiger partial charge >= 0.3 is 0 Å². The molecule has 1 saturated heterocycles. The zero-order valence-electron chi connectivity index (χ0n) is 17.7. The van der Waals surface area contributed by atoms with Gasteiger partial charge in [0.15, 0.2) is 16.6 Å². The smallest absolute Gasteiger partial charge is 0.265 e. The molecule has 31 heavy (non-hydrogen) atoms. The molecule has 2 aromatic rings. The lowest BCUT2D eigenvalue weighted by atomic mass is 10.0. The van der Waals surface area contributed by atoms with E-state index in [1.807, 2.05) is 31.2 Å². The highest BCUT2D eigenvalue weighted by atomic mass is 32.1. The highest BCUT2D eigenvalue weighted by Crippen LogP contribution is 2.35. The average molecular weight is 437 g/mol. The Morgan fingerprint density at radius 2 is 2.00 bits per heavy atom. The highest BCUT2D eigenvalue weighted by molar-refractivity contribution is 7.80. The molecule has 0 aliphatic carbocycles. The van der Waals surface area contributed by atoms with Crippen LogP contribution < -0.4 is 14.8 Å². The maximum Gasteiger partial charge on any atom is 0.265 e. The molecule has 0 atom stereocenters. The third-order valence-electron chi connectivity index (χ3n) is 4.82. The van der Waals surface area contributed by atoms with Gasteiger partial charge < -0.3 is 9.47 Å². The first-order valence-electron chi connectivity index (χ1n) is 9.69. The summed E-state index contributed by atoms with van der Waals surface area (Å²) < 4.78 is 11.7. The molecule has 3 rings (SSSR count). The lowest BCUT2D eigenvalue weighted by Gasteiger charge is -2.25. The molecule has 0 saturated carbocycles. The van der Waals surface area contributed by atoms with Crippen molar-refractivity contribution in [1.29, 1.82) is 0 Å². The van der Waals surface area contributed by atoms with Crippen molar-refractivity contribution in [2.24, 2.45) is 0 Å². The fourth-order valence-electron chi connectivity index (χ4n) is 3.26.